The van der Waals surface area contributed by atoms with Crippen molar-refractivity contribution >= 4 is 6.03 Å². The molecule has 1 saturated heterocycles. The Morgan fingerprint density at radius 2 is 2.38 bits per heavy atom. The molecule has 0 saturated carbocycles. The van der Waals surface area contributed by atoms with Gasteiger partial charge >= 0.3 is 29.6 Å². The van der Waals surface area contributed by atoms with Crippen molar-refractivity contribution < 1.29 is 34.4 Å². The van der Waals surface area contributed by atoms with Crippen LogP contribution in [0.5, 0.6) is 0 Å². The second kappa shape index (κ2) is 3.33. The maximum atomic E-state index is 10.3. The van der Waals surface area contributed by atoms with Crippen molar-refractivity contribution in [2.45, 2.75) is 0 Å². The Morgan fingerprint density at radius 3 is 2.50 bits per heavy atom. The van der Waals surface area contributed by atoms with Crippen LogP contribution in [0.4, 0.5) is 4.79 Å². The van der Waals surface area contributed by atoms with Crippen molar-refractivity contribution in [2.75, 3.05) is 20.1 Å². The van der Waals surface area contributed by atoms with Gasteiger partial charge in [-0.05, 0) is 13.1 Å². The minimum Gasteiger partial charge on any atom is -0.440 e. The summed E-state index contributed by atoms with van der Waals surface area (Å²) in [5.74, 6) is 0. The number of hydrogen-bond donors (Lipinski definition) is 0. The van der Waals surface area contributed by atoms with E-state index in [-0.39, 0.29) is 35.6 Å². The van der Waals surface area contributed by atoms with Gasteiger partial charge in [-0.1, -0.05) is 7.05 Å². The van der Waals surface area contributed by atoms with Gasteiger partial charge in [-0.25, -0.2) is 0 Å². The van der Waals surface area contributed by atoms with Crippen LogP contribution in [0.25, 0.3) is 5.32 Å². The quantitative estimate of drug-likeness (QED) is 0.325. The Balaban J connectivity index is 0.000000490. The molecule has 1 aliphatic rings. The summed E-state index contributed by atoms with van der Waals surface area (Å²) in [6.07, 6.45) is 0. The number of likely N-dealkylation sites (N-methyl/N-ethyl adjacent to an activating group) is 1. The standard InChI is InChI=1S/C4H8N2O.Na/c1-6-3-2-5-4(6)7;/h2-3H2,1H3,(H,5,7);/q;+1/p-1. The summed E-state index contributed by atoms with van der Waals surface area (Å²) in [7, 11) is 1.75. The van der Waals surface area contributed by atoms with Crippen molar-refractivity contribution in [3.63, 3.8) is 0 Å². The first-order valence-corrected chi connectivity index (χ1v) is 2.23. The Kier molecular flexibility index (Phi) is 3.44. The Bertz CT molecular complexity index is 96.0. The van der Waals surface area contributed by atoms with Crippen molar-refractivity contribution in [1.82, 2.24) is 4.90 Å². The maximum Gasteiger partial charge on any atom is 1.00 e. The third-order valence-electron chi connectivity index (χ3n) is 1.01. The molecule has 3 nitrogen and oxygen atoms in total. The number of amides is 2. The van der Waals surface area contributed by atoms with Gasteiger partial charge in [0.2, 0.25) is 0 Å². The molecule has 0 aliphatic carbocycles. The normalized spacial score (nSPS) is 17.6. The predicted octanol–water partition coefficient (Wildman–Crippen LogP) is -2.57. The third-order valence-corrected chi connectivity index (χ3v) is 1.01. The molecule has 0 N–H and O–H groups in total. The average Bonchev–Trinajstić information content (AvgIpc) is 1.91. The third kappa shape index (κ3) is 1.65. The molecule has 8 heavy (non-hydrogen) atoms. The van der Waals surface area contributed by atoms with E-state index in [4.69, 9.17) is 0 Å². The topological polar surface area (TPSA) is 34.4 Å². The van der Waals surface area contributed by atoms with E-state index in [1.54, 1.807) is 11.9 Å². The molecule has 0 aromatic rings. The predicted molar refractivity (Wildman–Crippen MR) is 26.3 cm³/mol. The zero-order chi connectivity index (χ0) is 5.28. The second-order valence-electron chi connectivity index (χ2n) is 1.59. The number of carbonyl (C=O) groups excluding carboxylic acids is 1. The van der Waals surface area contributed by atoms with Crippen LogP contribution in [0.2, 0.25) is 0 Å². The van der Waals surface area contributed by atoms with Gasteiger partial charge in [0.05, 0.1) is 0 Å². The van der Waals surface area contributed by atoms with Crippen LogP contribution in [0.1, 0.15) is 0 Å². The molecule has 0 unspecified atom stereocenters. The number of rotatable bonds is 0. The van der Waals surface area contributed by atoms with E-state index in [9.17, 15) is 4.79 Å². The van der Waals surface area contributed by atoms with Crippen LogP contribution in [0.15, 0.2) is 0 Å². The van der Waals surface area contributed by atoms with E-state index in [2.05, 4.69) is 5.32 Å². The van der Waals surface area contributed by atoms with E-state index >= 15 is 0 Å². The van der Waals surface area contributed by atoms with Crippen LogP contribution in [-0.4, -0.2) is 31.1 Å². The molecule has 4 heteroatoms. The second-order valence-corrected chi connectivity index (χ2v) is 1.59. The fourth-order valence-electron chi connectivity index (χ4n) is 0.512. The van der Waals surface area contributed by atoms with Crippen LogP contribution in [0, 0.1) is 0 Å². The van der Waals surface area contributed by atoms with Crippen LogP contribution < -0.4 is 29.6 Å². The molecule has 0 bridgehead atoms. The Hall–Kier alpha value is 0.270. The van der Waals surface area contributed by atoms with Gasteiger partial charge in [0.15, 0.2) is 6.03 Å². The van der Waals surface area contributed by atoms with Gasteiger partial charge in [-0.2, -0.15) is 0 Å². The monoisotopic (exact) mass is 122 g/mol. The Labute approximate surface area is 70.7 Å². The van der Waals surface area contributed by atoms with Crippen LogP contribution in [0.3, 0.4) is 0 Å². The molecule has 1 aliphatic heterocycles. The molecule has 1 fully saturated rings. The largest absolute Gasteiger partial charge is 1.00 e. The number of hydrogen-bond acceptors (Lipinski definition) is 1. The summed E-state index contributed by atoms with van der Waals surface area (Å²) in [4.78, 5) is 11.9. The summed E-state index contributed by atoms with van der Waals surface area (Å²) in [6.45, 7) is 1.47. The summed E-state index contributed by atoms with van der Waals surface area (Å²) in [5.41, 5.74) is 0. The van der Waals surface area contributed by atoms with E-state index in [1.807, 2.05) is 0 Å². The van der Waals surface area contributed by atoms with Gasteiger partial charge in [-0.3, -0.25) is 4.79 Å². The first kappa shape index (κ1) is 8.27. The van der Waals surface area contributed by atoms with E-state index in [0.29, 0.717) is 6.54 Å². The molecular formula is C4H7N2NaO. The van der Waals surface area contributed by atoms with E-state index < -0.39 is 0 Å². The van der Waals surface area contributed by atoms with Crippen molar-refractivity contribution in [1.29, 1.82) is 0 Å². The molecule has 40 valence electrons. The Morgan fingerprint density at radius 1 is 1.75 bits per heavy atom. The van der Waals surface area contributed by atoms with Crippen molar-refractivity contribution in [3.8, 4) is 0 Å². The zero-order valence-corrected chi connectivity index (χ0v) is 7.22. The van der Waals surface area contributed by atoms with Gasteiger partial charge in [-0.15, -0.1) is 0 Å². The van der Waals surface area contributed by atoms with Crippen molar-refractivity contribution in [3.05, 3.63) is 5.32 Å². The molecule has 2 amide bonds. The SMILES string of the molecule is CN1CC[N-]C1=O.[Na+]. The molecule has 0 atom stereocenters. The molecule has 1 rings (SSSR count). The maximum absolute atomic E-state index is 10.3. The smallest absolute Gasteiger partial charge is 0.440 e. The average molecular weight is 122 g/mol. The van der Waals surface area contributed by atoms with Crippen LogP contribution >= 0.6 is 0 Å². The van der Waals surface area contributed by atoms with Gasteiger partial charge in [0, 0.05) is 0 Å². The van der Waals surface area contributed by atoms with Gasteiger partial charge < -0.3 is 10.2 Å². The number of nitrogens with zero attached hydrogens (tertiary/aromatic N) is 2. The zero-order valence-electron chi connectivity index (χ0n) is 5.22. The first-order valence-electron chi connectivity index (χ1n) is 2.23. The molecule has 1 heterocycles. The summed E-state index contributed by atoms with van der Waals surface area (Å²) in [6, 6.07) is -0.0833. The summed E-state index contributed by atoms with van der Waals surface area (Å²) >= 11 is 0. The number of carbonyl (C=O) groups is 1. The van der Waals surface area contributed by atoms with E-state index in [0.717, 1.165) is 6.54 Å². The minimum atomic E-state index is -0.0833. The fraction of sp³-hybridized carbons (Fsp3) is 0.750. The van der Waals surface area contributed by atoms with Gasteiger partial charge in [0.1, 0.15) is 0 Å². The van der Waals surface area contributed by atoms with Gasteiger partial charge in [0.25, 0.3) is 0 Å². The van der Waals surface area contributed by atoms with E-state index in [1.165, 1.54) is 0 Å². The summed E-state index contributed by atoms with van der Waals surface area (Å²) in [5, 5.41) is 3.60. The molecular weight excluding hydrogens is 115 g/mol. The summed E-state index contributed by atoms with van der Waals surface area (Å²) < 4.78 is 0. The van der Waals surface area contributed by atoms with Crippen molar-refractivity contribution in [2.24, 2.45) is 0 Å². The van der Waals surface area contributed by atoms with Crippen LogP contribution in [-0.2, 0) is 0 Å². The first-order chi connectivity index (χ1) is 3.30. The molecule has 0 aromatic carbocycles. The fourth-order valence-corrected chi connectivity index (χ4v) is 0.512. The molecule has 0 aromatic heterocycles. The minimum absolute atomic E-state index is 0. The number of urea groups is 1. The molecule has 0 spiro atoms. The molecule has 0 radical (unpaired) electrons.